The van der Waals surface area contributed by atoms with Crippen LogP contribution in [-0.4, -0.2) is 26.9 Å². The first-order chi connectivity index (χ1) is 12.9. The molecular formula is C21H25N3O3. The maximum atomic E-state index is 13.0. The summed E-state index contributed by atoms with van der Waals surface area (Å²) in [4.78, 5) is 32.4. The van der Waals surface area contributed by atoms with Crippen molar-refractivity contribution in [2.75, 3.05) is 6.54 Å². The molecular weight excluding hydrogens is 342 g/mol. The van der Waals surface area contributed by atoms with E-state index < -0.39 is 0 Å². The lowest BCUT2D eigenvalue weighted by Crippen LogP contribution is -2.39. The van der Waals surface area contributed by atoms with E-state index in [-0.39, 0.29) is 29.2 Å². The van der Waals surface area contributed by atoms with Gasteiger partial charge in [0, 0.05) is 13.1 Å². The second kappa shape index (κ2) is 7.78. The summed E-state index contributed by atoms with van der Waals surface area (Å²) in [7, 11) is 0. The number of carbonyl (C=O) groups is 1. The van der Waals surface area contributed by atoms with Crippen LogP contribution in [0.4, 0.5) is 0 Å². The van der Waals surface area contributed by atoms with Gasteiger partial charge in [-0.25, -0.2) is 4.98 Å². The number of carbonyl (C=O) groups excluding carboxylic acids is 1. The molecule has 0 N–H and O–H groups in total. The summed E-state index contributed by atoms with van der Waals surface area (Å²) < 4.78 is 6.96. The van der Waals surface area contributed by atoms with Gasteiger partial charge in [0.2, 0.25) is 0 Å². The van der Waals surface area contributed by atoms with Crippen LogP contribution in [0.2, 0.25) is 0 Å². The van der Waals surface area contributed by atoms with E-state index in [4.69, 9.17) is 9.40 Å². The molecule has 142 valence electrons. The average Bonchev–Trinajstić information content (AvgIpc) is 3.19. The third-order valence-corrected chi connectivity index (χ3v) is 4.60. The first kappa shape index (κ1) is 18.9. The molecule has 6 heteroatoms. The number of fused-ring (bicyclic) bond motifs is 1. The minimum absolute atomic E-state index is 0.0834. The number of para-hydroxylation sites is 1. The van der Waals surface area contributed by atoms with Crippen LogP contribution in [0.1, 0.15) is 50.1 Å². The van der Waals surface area contributed by atoms with Crippen LogP contribution in [0.5, 0.6) is 0 Å². The standard InChI is InChI=1S/C21H25N3O3/c1-5-23-19(22-17-10-7-6-9-16(17)20(23)25)15(4)24(13-14(2)3)21(26)18-11-8-12-27-18/h6-12,14-15H,5,13H2,1-4H3. The number of hydrogen-bond donors (Lipinski definition) is 0. The van der Waals surface area contributed by atoms with Crippen LogP contribution in [0.3, 0.4) is 0 Å². The maximum Gasteiger partial charge on any atom is 0.290 e. The van der Waals surface area contributed by atoms with Crippen LogP contribution >= 0.6 is 0 Å². The Morgan fingerprint density at radius 2 is 1.93 bits per heavy atom. The monoisotopic (exact) mass is 367 g/mol. The molecule has 1 atom stereocenters. The van der Waals surface area contributed by atoms with Crippen molar-refractivity contribution >= 4 is 16.8 Å². The van der Waals surface area contributed by atoms with E-state index in [0.717, 1.165) is 0 Å². The van der Waals surface area contributed by atoms with E-state index in [9.17, 15) is 9.59 Å². The number of aromatic nitrogens is 2. The van der Waals surface area contributed by atoms with Gasteiger partial charge in [0.15, 0.2) is 5.76 Å². The molecule has 6 nitrogen and oxygen atoms in total. The van der Waals surface area contributed by atoms with E-state index in [0.29, 0.717) is 29.8 Å². The van der Waals surface area contributed by atoms with Gasteiger partial charge in [0.25, 0.3) is 11.5 Å². The molecule has 2 aromatic heterocycles. The Balaban J connectivity index is 2.11. The van der Waals surface area contributed by atoms with Gasteiger partial charge in [-0.1, -0.05) is 26.0 Å². The molecule has 0 aliphatic heterocycles. The van der Waals surface area contributed by atoms with Crippen molar-refractivity contribution in [3.05, 3.63) is 64.6 Å². The Hall–Kier alpha value is -2.89. The first-order valence-corrected chi connectivity index (χ1v) is 9.28. The fraction of sp³-hybridized carbons (Fsp3) is 0.381. The lowest BCUT2D eigenvalue weighted by atomic mass is 10.1. The summed E-state index contributed by atoms with van der Waals surface area (Å²) in [5, 5.41) is 0.586. The van der Waals surface area contributed by atoms with Crippen molar-refractivity contribution in [2.45, 2.75) is 40.3 Å². The lowest BCUT2D eigenvalue weighted by molar-refractivity contribution is 0.0620. The zero-order valence-electron chi connectivity index (χ0n) is 16.2. The maximum absolute atomic E-state index is 13.0. The Labute approximate surface area is 158 Å². The van der Waals surface area contributed by atoms with E-state index in [1.54, 1.807) is 27.7 Å². The third-order valence-electron chi connectivity index (χ3n) is 4.60. The smallest absolute Gasteiger partial charge is 0.290 e. The topological polar surface area (TPSA) is 68.3 Å². The fourth-order valence-electron chi connectivity index (χ4n) is 3.30. The minimum atomic E-state index is -0.373. The summed E-state index contributed by atoms with van der Waals surface area (Å²) >= 11 is 0. The van der Waals surface area contributed by atoms with Crippen molar-refractivity contribution in [1.82, 2.24) is 14.5 Å². The van der Waals surface area contributed by atoms with E-state index in [2.05, 4.69) is 13.8 Å². The third kappa shape index (κ3) is 3.65. The summed E-state index contributed by atoms with van der Waals surface area (Å²) in [5.74, 6) is 0.926. The SMILES string of the molecule is CCn1c(C(C)N(CC(C)C)C(=O)c2ccco2)nc2ccccc2c1=O. The van der Waals surface area contributed by atoms with Gasteiger partial charge >= 0.3 is 0 Å². The molecule has 3 rings (SSSR count). The number of amides is 1. The highest BCUT2D eigenvalue weighted by Crippen LogP contribution is 2.23. The molecule has 0 aliphatic carbocycles. The van der Waals surface area contributed by atoms with E-state index in [1.807, 2.05) is 32.0 Å². The molecule has 27 heavy (non-hydrogen) atoms. The van der Waals surface area contributed by atoms with Crippen LogP contribution in [0.15, 0.2) is 51.9 Å². The van der Waals surface area contributed by atoms with Gasteiger partial charge in [-0.2, -0.15) is 0 Å². The molecule has 1 unspecified atom stereocenters. The molecule has 0 fully saturated rings. The largest absolute Gasteiger partial charge is 0.459 e. The van der Waals surface area contributed by atoms with Crippen molar-refractivity contribution in [1.29, 1.82) is 0 Å². The van der Waals surface area contributed by atoms with E-state index >= 15 is 0 Å². The number of rotatable bonds is 6. The number of benzene rings is 1. The highest BCUT2D eigenvalue weighted by atomic mass is 16.3. The van der Waals surface area contributed by atoms with Gasteiger partial charge in [0.05, 0.1) is 23.2 Å². The Bertz CT molecular complexity index is 990. The van der Waals surface area contributed by atoms with Gasteiger partial charge in [0.1, 0.15) is 5.82 Å². The second-order valence-electron chi connectivity index (χ2n) is 7.04. The molecule has 0 radical (unpaired) electrons. The van der Waals surface area contributed by atoms with Crippen molar-refractivity contribution in [2.24, 2.45) is 5.92 Å². The van der Waals surface area contributed by atoms with Crippen molar-refractivity contribution in [3.63, 3.8) is 0 Å². The quantitative estimate of drug-likeness (QED) is 0.663. The molecule has 0 spiro atoms. The van der Waals surface area contributed by atoms with Gasteiger partial charge in [-0.15, -0.1) is 0 Å². The van der Waals surface area contributed by atoms with Crippen LogP contribution < -0.4 is 5.56 Å². The molecule has 1 aromatic carbocycles. The highest BCUT2D eigenvalue weighted by Gasteiger charge is 2.28. The molecule has 0 saturated heterocycles. The van der Waals surface area contributed by atoms with E-state index in [1.165, 1.54) is 6.26 Å². The fourth-order valence-corrected chi connectivity index (χ4v) is 3.30. The normalized spacial score (nSPS) is 12.5. The molecule has 0 aliphatic rings. The first-order valence-electron chi connectivity index (χ1n) is 9.28. The lowest BCUT2D eigenvalue weighted by Gasteiger charge is -2.31. The van der Waals surface area contributed by atoms with Gasteiger partial charge in [-0.3, -0.25) is 14.2 Å². The molecule has 0 bridgehead atoms. The molecule has 0 saturated carbocycles. The predicted octanol–water partition coefficient (Wildman–Crippen LogP) is 3.87. The summed E-state index contributed by atoms with van der Waals surface area (Å²) in [6.07, 6.45) is 1.49. The summed E-state index contributed by atoms with van der Waals surface area (Å²) in [5.41, 5.74) is 0.559. The van der Waals surface area contributed by atoms with Gasteiger partial charge < -0.3 is 9.32 Å². The van der Waals surface area contributed by atoms with Crippen LogP contribution in [0.25, 0.3) is 10.9 Å². The molecule has 2 heterocycles. The molecule has 1 amide bonds. The number of furan rings is 1. The number of nitrogens with zero attached hydrogens (tertiary/aromatic N) is 3. The van der Waals surface area contributed by atoms with Crippen molar-refractivity contribution in [3.8, 4) is 0 Å². The van der Waals surface area contributed by atoms with Crippen LogP contribution in [-0.2, 0) is 6.54 Å². The second-order valence-corrected chi connectivity index (χ2v) is 7.04. The highest BCUT2D eigenvalue weighted by molar-refractivity contribution is 5.91. The molecule has 3 aromatic rings. The zero-order valence-corrected chi connectivity index (χ0v) is 16.2. The Morgan fingerprint density at radius 3 is 2.56 bits per heavy atom. The predicted molar refractivity (Wildman–Crippen MR) is 105 cm³/mol. The number of hydrogen-bond acceptors (Lipinski definition) is 4. The van der Waals surface area contributed by atoms with Gasteiger partial charge in [-0.05, 0) is 44.0 Å². The zero-order chi connectivity index (χ0) is 19.6. The Morgan fingerprint density at radius 1 is 1.19 bits per heavy atom. The summed E-state index contributed by atoms with van der Waals surface area (Å²) in [6, 6.07) is 10.3. The average molecular weight is 367 g/mol. The Kier molecular flexibility index (Phi) is 5.44. The minimum Gasteiger partial charge on any atom is -0.459 e. The van der Waals surface area contributed by atoms with Crippen LogP contribution in [0, 0.1) is 5.92 Å². The summed E-state index contributed by atoms with van der Waals surface area (Å²) in [6.45, 7) is 8.95. The van der Waals surface area contributed by atoms with Crippen molar-refractivity contribution < 1.29 is 9.21 Å².